The summed E-state index contributed by atoms with van der Waals surface area (Å²) in [5, 5.41) is 11.3. The number of rotatable bonds is 4. The number of aliphatic hydroxyl groups excluding tert-OH is 1. The number of hydrogen-bond acceptors (Lipinski definition) is 2. The summed E-state index contributed by atoms with van der Waals surface area (Å²) in [7, 11) is 0. The summed E-state index contributed by atoms with van der Waals surface area (Å²) >= 11 is 0. The molecule has 0 rings (SSSR count). The van der Waals surface area contributed by atoms with Gasteiger partial charge in [-0.1, -0.05) is 0 Å². The van der Waals surface area contributed by atoms with Crippen LogP contribution in [0.25, 0.3) is 0 Å². The van der Waals surface area contributed by atoms with Crippen molar-refractivity contribution in [2.45, 2.75) is 26.8 Å². The summed E-state index contributed by atoms with van der Waals surface area (Å²) in [6.07, 6.45) is 0. The third-order valence-electron chi connectivity index (χ3n) is 1.69. The zero-order chi connectivity index (χ0) is 9.56. The molecular weight excluding hydrogens is 156 g/mol. The standard InChI is InChI=1S/C8H18N2O2/c1-4-10(5-2)8(12)9-7(3)6-11/h7,11H,4-6H2,1-3H3,(H,9,12)/t7-/m1/s1. The number of hydrogen-bond donors (Lipinski definition) is 2. The number of aliphatic hydroxyl groups is 1. The molecule has 0 saturated heterocycles. The second kappa shape index (κ2) is 5.83. The molecule has 0 aliphatic carbocycles. The summed E-state index contributed by atoms with van der Waals surface area (Å²) in [5.41, 5.74) is 0. The molecule has 2 N–H and O–H groups in total. The quantitative estimate of drug-likeness (QED) is 0.649. The Hall–Kier alpha value is -0.770. The normalized spacial score (nSPS) is 12.3. The first-order chi connectivity index (χ1) is 5.65. The summed E-state index contributed by atoms with van der Waals surface area (Å²) in [5.74, 6) is 0. The van der Waals surface area contributed by atoms with E-state index in [-0.39, 0.29) is 18.7 Å². The van der Waals surface area contributed by atoms with Crippen LogP contribution in [0.1, 0.15) is 20.8 Å². The molecule has 2 amide bonds. The van der Waals surface area contributed by atoms with Gasteiger partial charge < -0.3 is 15.3 Å². The average Bonchev–Trinajstić information content (AvgIpc) is 2.06. The lowest BCUT2D eigenvalue weighted by atomic mass is 10.4. The number of urea groups is 1. The SMILES string of the molecule is CCN(CC)C(=O)N[C@H](C)CO. The number of nitrogens with zero attached hydrogens (tertiary/aromatic N) is 1. The summed E-state index contributed by atoms with van der Waals surface area (Å²) in [4.78, 5) is 13.0. The second-order valence-electron chi connectivity index (χ2n) is 2.71. The van der Waals surface area contributed by atoms with Gasteiger partial charge in [0.15, 0.2) is 0 Å². The lowest BCUT2D eigenvalue weighted by Gasteiger charge is -2.21. The highest BCUT2D eigenvalue weighted by atomic mass is 16.3. The maximum atomic E-state index is 11.3. The third kappa shape index (κ3) is 3.57. The maximum absolute atomic E-state index is 11.3. The highest BCUT2D eigenvalue weighted by molar-refractivity contribution is 5.74. The van der Waals surface area contributed by atoms with Crippen LogP contribution in [0.3, 0.4) is 0 Å². The molecule has 72 valence electrons. The van der Waals surface area contributed by atoms with Crippen LogP contribution in [-0.2, 0) is 0 Å². The highest BCUT2D eigenvalue weighted by Gasteiger charge is 2.10. The first-order valence-electron chi connectivity index (χ1n) is 4.31. The van der Waals surface area contributed by atoms with E-state index in [1.165, 1.54) is 0 Å². The Kier molecular flexibility index (Phi) is 5.45. The average molecular weight is 174 g/mol. The van der Waals surface area contributed by atoms with Crippen LogP contribution < -0.4 is 5.32 Å². The molecule has 12 heavy (non-hydrogen) atoms. The van der Waals surface area contributed by atoms with Gasteiger partial charge >= 0.3 is 6.03 Å². The molecule has 0 aromatic carbocycles. The van der Waals surface area contributed by atoms with Gasteiger partial charge in [-0.15, -0.1) is 0 Å². The Labute approximate surface area is 73.6 Å². The topological polar surface area (TPSA) is 52.6 Å². The van der Waals surface area contributed by atoms with E-state index >= 15 is 0 Å². The van der Waals surface area contributed by atoms with Crippen LogP contribution in [0.2, 0.25) is 0 Å². The molecule has 0 radical (unpaired) electrons. The highest BCUT2D eigenvalue weighted by Crippen LogP contribution is 1.89. The summed E-state index contributed by atoms with van der Waals surface area (Å²) in [6, 6.07) is -0.278. The van der Waals surface area contributed by atoms with E-state index in [1.54, 1.807) is 11.8 Å². The first-order valence-corrected chi connectivity index (χ1v) is 4.31. The van der Waals surface area contributed by atoms with Gasteiger partial charge in [0.05, 0.1) is 12.6 Å². The molecule has 0 spiro atoms. The molecule has 0 bridgehead atoms. The van der Waals surface area contributed by atoms with E-state index in [1.807, 2.05) is 13.8 Å². The van der Waals surface area contributed by atoms with Crippen molar-refractivity contribution in [1.29, 1.82) is 0 Å². The molecule has 4 nitrogen and oxygen atoms in total. The van der Waals surface area contributed by atoms with Crippen molar-refractivity contribution >= 4 is 6.03 Å². The molecule has 0 heterocycles. The molecule has 1 atom stereocenters. The van der Waals surface area contributed by atoms with Crippen molar-refractivity contribution in [3.63, 3.8) is 0 Å². The zero-order valence-electron chi connectivity index (χ0n) is 8.00. The molecule has 0 aromatic heterocycles. The van der Waals surface area contributed by atoms with Crippen LogP contribution in [0.5, 0.6) is 0 Å². The summed E-state index contributed by atoms with van der Waals surface area (Å²) < 4.78 is 0. The third-order valence-corrected chi connectivity index (χ3v) is 1.69. The predicted molar refractivity (Wildman–Crippen MR) is 48.0 cm³/mol. The van der Waals surface area contributed by atoms with Gasteiger partial charge in [0.2, 0.25) is 0 Å². The van der Waals surface area contributed by atoms with Gasteiger partial charge in [-0.2, -0.15) is 0 Å². The van der Waals surface area contributed by atoms with Crippen LogP contribution >= 0.6 is 0 Å². The van der Waals surface area contributed by atoms with E-state index in [4.69, 9.17) is 5.11 Å². The van der Waals surface area contributed by atoms with Crippen LogP contribution in [0.15, 0.2) is 0 Å². The molecular formula is C8H18N2O2. The smallest absolute Gasteiger partial charge is 0.317 e. The van der Waals surface area contributed by atoms with E-state index < -0.39 is 0 Å². The Morgan fingerprint density at radius 1 is 1.50 bits per heavy atom. The Morgan fingerprint density at radius 2 is 2.00 bits per heavy atom. The number of nitrogens with one attached hydrogen (secondary N) is 1. The largest absolute Gasteiger partial charge is 0.394 e. The molecule has 0 aromatic rings. The van der Waals surface area contributed by atoms with Crippen LogP contribution in [0, 0.1) is 0 Å². The molecule has 0 unspecified atom stereocenters. The van der Waals surface area contributed by atoms with Gasteiger partial charge in [0.1, 0.15) is 0 Å². The number of carbonyl (C=O) groups is 1. The second-order valence-corrected chi connectivity index (χ2v) is 2.71. The first kappa shape index (κ1) is 11.2. The van der Waals surface area contributed by atoms with E-state index in [0.29, 0.717) is 13.1 Å². The Morgan fingerprint density at radius 3 is 2.33 bits per heavy atom. The zero-order valence-corrected chi connectivity index (χ0v) is 8.00. The molecule has 0 fully saturated rings. The minimum absolute atomic E-state index is 0.0208. The Balaban J connectivity index is 3.84. The molecule has 0 aliphatic rings. The van der Waals surface area contributed by atoms with Gasteiger partial charge in [0.25, 0.3) is 0 Å². The monoisotopic (exact) mass is 174 g/mol. The molecule has 0 aliphatic heterocycles. The fourth-order valence-corrected chi connectivity index (χ4v) is 0.859. The lowest BCUT2D eigenvalue weighted by Crippen LogP contribution is -2.44. The van der Waals surface area contributed by atoms with E-state index in [0.717, 1.165) is 0 Å². The minimum atomic E-state index is -0.168. The van der Waals surface area contributed by atoms with Crippen LogP contribution in [-0.4, -0.2) is 41.8 Å². The van der Waals surface area contributed by atoms with Crippen molar-refractivity contribution in [2.75, 3.05) is 19.7 Å². The molecule has 4 heteroatoms. The van der Waals surface area contributed by atoms with E-state index in [2.05, 4.69) is 5.32 Å². The minimum Gasteiger partial charge on any atom is -0.394 e. The van der Waals surface area contributed by atoms with Crippen molar-refractivity contribution in [2.24, 2.45) is 0 Å². The summed E-state index contributed by atoms with van der Waals surface area (Å²) in [6.45, 7) is 6.98. The Bertz CT molecular complexity index is 135. The fraction of sp³-hybridized carbons (Fsp3) is 0.875. The van der Waals surface area contributed by atoms with Gasteiger partial charge in [0, 0.05) is 13.1 Å². The van der Waals surface area contributed by atoms with Crippen molar-refractivity contribution in [1.82, 2.24) is 10.2 Å². The number of amides is 2. The predicted octanol–water partition coefficient (Wildman–Crippen LogP) is 0.419. The van der Waals surface area contributed by atoms with Crippen molar-refractivity contribution < 1.29 is 9.90 Å². The lowest BCUT2D eigenvalue weighted by molar-refractivity contribution is 0.189. The van der Waals surface area contributed by atoms with Gasteiger partial charge in [-0.05, 0) is 20.8 Å². The van der Waals surface area contributed by atoms with Crippen molar-refractivity contribution in [3.8, 4) is 0 Å². The fourth-order valence-electron chi connectivity index (χ4n) is 0.859. The van der Waals surface area contributed by atoms with Gasteiger partial charge in [-0.25, -0.2) is 4.79 Å². The molecule has 0 saturated carbocycles. The van der Waals surface area contributed by atoms with E-state index in [9.17, 15) is 4.79 Å². The van der Waals surface area contributed by atoms with Gasteiger partial charge in [-0.3, -0.25) is 0 Å². The maximum Gasteiger partial charge on any atom is 0.317 e. The van der Waals surface area contributed by atoms with Crippen molar-refractivity contribution in [3.05, 3.63) is 0 Å². The van der Waals surface area contributed by atoms with Crippen LogP contribution in [0.4, 0.5) is 4.79 Å². The number of carbonyl (C=O) groups excluding carboxylic acids is 1.